The van der Waals surface area contributed by atoms with Gasteiger partial charge in [-0.2, -0.15) is 0 Å². The van der Waals surface area contributed by atoms with Gasteiger partial charge < -0.3 is 5.73 Å². The van der Waals surface area contributed by atoms with E-state index in [0.29, 0.717) is 0 Å². The van der Waals surface area contributed by atoms with Crippen molar-refractivity contribution in [2.24, 2.45) is 5.73 Å². The minimum atomic E-state index is 0.763. The summed E-state index contributed by atoms with van der Waals surface area (Å²) in [5.74, 6) is 0. The summed E-state index contributed by atoms with van der Waals surface area (Å²) in [5.41, 5.74) is 5.52. The van der Waals surface area contributed by atoms with Gasteiger partial charge in [0.15, 0.2) is 0 Å². The van der Waals surface area contributed by atoms with Crippen LogP contribution in [0, 0.1) is 0 Å². The van der Waals surface area contributed by atoms with Crippen LogP contribution in [0.15, 0.2) is 0 Å². The Hall–Kier alpha value is -0.120. The highest BCUT2D eigenvalue weighted by molar-refractivity contribution is 4.90. The van der Waals surface area contributed by atoms with Crippen LogP contribution in [0.3, 0.4) is 0 Å². The van der Waals surface area contributed by atoms with Crippen molar-refractivity contribution in [2.45, 2.75) is 57.5 Å². The average Bonchev–Trinajstić information content (AvgIpc) is 2.76. The Morgan fingerprint density at radius 1 is 1.12 bits per heavy atom. The van der Waals surface area contributed by atoms with Crippen molar-refractivity contribution < 1.29 is 0 Å². The molecule has 0 aromatic carbocycles. The Balaban J connectivity index is 1.66. The predicted octanol–water partition coefficient (Wildman–Crippen LogP) is 1.67. The van der Waals surface area contributed by atoms with Gasteiger partial charge in [-0.05, 0) is 52.2 Å². The lowest BCUT2D eigenvalue weighted by atomic mass is 10.1. The Kier molecular flexibility index (Phi) is 5.26. The van der Waals surface area contributed by atoms with Crippen LogP contribution in [0.2, 0.25) is 0 Å². The van der Waals surface area contributed by atoms with Crippen molar-refractivity contribution in [3.63, 3.8) is 0 Å². The summed E-state index contributed by atoms with van der Waals surface area (Å²) in [4.78, 5) is 5.42. The van der Waals surface area contributed by atoms with Crippen molar-refractivity contribution in [1.29, 1.82) is 0 Å². The van der Waals surface area contributed by atoms with Crippen LogP contribution < -0.4 is 5.73 Å². The minimum absolute atomic E-state index is 0.763. The fourth-order valence-corrected chi connectivity index (χ4v) is 3.37. The van der Waals surface area contributed by atoms with Gasteiger partial charge in [-0.1, -0.05) is 12.8 Å². The van der Waals surface area contributed by atoms with Crippen molar-refractivity contribution in [3.05, 3.63) is 0 Å². The Labute approximate surface area is 106 Å². The van der Waals surface area contributed by atoms with E-state index in [1.807, 2.05) is 0 Å². The van der Waals surface area contributed by atoms with Crippen LogP contribution in [-0.2, 0) is 0 Å². The van der Waals surface area contributed by atoms with Crippen LogP contribution >= 0.6 is 0 Å². The standard InChI is InChI=1S/C14H29N3/c1-13-11-17-10-6-7-14(17)12-16(13)9-5-3-2-4-8-15/h13-14H,2-12,15H2,1H3. The molecule has 0 saturated carbocycles. The highest BCUT2D eigenvalue weighted by Crippen LogP contribution is 2.24. The van der Waals surface area contributed by atoms with Crippen molar-refractivity contribution in [2.75, 3.05) is 32.7 Å². The SMILES string of the molecule is CC1CN2CCCC2CN1CCCCCCN. The monoisotopic (exact) mass is 239 g/mol. The second kappa shape index (κ2) is 6.72. The van der Waals surface area contributed by atoms with E-state index >= 15 is 0 Å². The van der Waals surface area contributed by atoms with E-state index in [1.54, 1.807) is 0 Å². The maximum Gasteiger partial charge on any atom is 0.0224 e. The molecule has 2 aliphatic rings. The maximum absolute atomic E-state index is 5.52. The van der Waals surface area contributed by atoms with Crippen LogP contribution in [0.25, 0.3) is 0 Å². The van der Waals surface area contributed by atoms with Gasteiger partial charge in [0.2, 0.25) is 0 Å². The zero-order chi connectivity index (χ0) is 12.1. The quantitative estimate of drug-likeness (QED) is 0.716. The molecule has 0 amide bonds. The van der Waals surface area contributed by atoms with Gasteiger partial charge in [0.1, 0.15) is 0 Å². The molecule has 0 aliphatic carbocycles. The maximum atomic E-state index is 5.52. The van der Waals surface area contributed by atoms with Gasteiger partial charge in [-0.3, -0.25) is 9.80 Å². The molecule has 2 atom stereocenters. The van der Waals surface area contributed by atoms with Crippen molar-refractivity contribution in [3.8, 4) is 0 Å². The molecule has 0 aromatic rings. The largest absolute Gasteiger partial charge is 0.330 e. The number of fused-ring (bicyclic) bond motifs is 1. The molecular weight excluding hydrogens is 210 g/mol. The third-order valence-electron chi connectivity index (χ3n) is 4.47. The number of rotatable bonds is 6. The molecule has 3 heteroatoms. The fourth-order valence-electron chi connectivity index (χ4n) is 3.37. The van der Waals surface area contributed by atoms with Crippen LogP contribution in [0.5, 0.6) is 0 Å². The summed E-state index contributed by atoms with van der Waals surface area (Å²) in [6.45, 7) is 8.52. The number of piperazine rings is 1. The zero-order valence-corrected chi connectivity index (χ0v) is 11.4. The highest BCUT2D eigenvalue weighted by atomic mass is 15.3. The molecule has 2 fully saturated rings. The average molecular weight is 239 g/mol. The molecule has 0 spiro atoms. The number of unbranched alkanes of at least 4 members (excludes halogenated alkanes) is 3. The first kappa shape index (κ1) is 13.3. The molecule has 2 unspecified atom stereocenters. The third-order valence-corrected chi connectivity index (χ3v) is 4.47. The normalized spacial score (nSPS) is 30.7. The number of hydrogen-bond acceptors (Lipinski definition) is 3. The second-order valence-electron chi connectivity index (χ2n) is 5.84. The molecule has 2 rings (SSSR count). The molecule has 0 radical (unpaired) electrons. The first-order chi connectivity index (χ1) is 8.31. The topological polar surface area (TPSA) is 32.5 Å². The molecule has 100 valence electrons. The zero-order valence-electron chi connectivity index (χ0n) is 11.4. The molecule has 2 N–H and O–H groups in total. The predicted molar refractivity (Wildman–Crippen MR) is 73.2 cm³/mol. The van der Waals surface area contributed by atoms with E-state index in [-0.39, 0.29) is 0 Å². The summed E-state index contributed by atoms with van der Waals surface area (Å²) in [6, 6.07) is 1.63. The molecule has 2 aliphatic heterocycles. The molecule has 17 heavy (non-hydrogen) atoms. The summed E-state index contributed by atoms with van der Waals surface area (Å²) < 4.78 is 0. The molecule has 0 aromatic heterocycles. The summed E-state index contributed by atoms with van der Waals surface area (Å²) in [6.07, 6.45) is 8.07. The second-order valence-corrected chi connectivity index (χ2v) is 5.84. The molecule has 2 saturated heterocycles. The van der Waals surface area contributed by atoms with Crippen molar-refractivity contribution >= 4 is 0 Å². The van der Waals surface area contributed by atoms with E-state index in [2.05, 4.69) is 16.7 Å². The van der Waals surface area contributed by atoms with Crippen LogP contribution in [0.1, 0.15) is 45.4 Å². The fraction of sp³-hybridized carbons (Fsp3) is 1.00. The van der Waals surface area contributed by atoms with E-state index in [4.69, 9.17) is 5.73 Å². The molecule has 0 bridgehead atoms. The Morgan fingerprint density at radius 2 is 1.94 bits per heavy atom. The molecular formula is C14H29N3. The number of hydrogen-bond donors (Lipinski definition) is 1. The summed E-state index contributed by atoms with van der Waals surface area (Å²) in [7, 11) is 0. The van der Waals surface area contributed by atoms with E-state index in [9.17, 15) is 0 Å². The van der Waals surface area contributed by atoms with Gasteiger partial charge in [-0.25, -0.2) is 0 Å². The lowest BCUT2D eigenvalue weighted by molar-refractivity contribution is 0.0583. The summed E-state index contributed by atoms with van der Waals surface area (Å²) >= 11 is 0. The lowest BCUT2D eigenvalue weighted by Gasteiger charge is -2.42. The van der Waals surface area contributed by atoms with Crippen LogP contribution in [0.4, 0.5) is 0 Å². The van der Waals surface area contributed by atoms with E-state index in [0.717, 1.165) is 18.6 Å². The van der Waals surface area contributed by atoms with Crippen molar-refractivity contribution in [1.82, 2.24) is 9.80 Å². The Morgan fingerprint density at radius 3 is 2.76 bits per heavy atom. The van der Waals surface area contributed by atoms with Gasteiger partial charge >= 0.3 is 0 Å². The highest BCUT2D eigenvalue weighted by Gasteiger charge is 2.33. The smallest absolute Gasteiger partial charge is 0.0224 e. The first-order valence-electron chi connectivity index (χ1n) is 7.49. The minimum Gasteiger partial charge on any atom is -0.330 e. The third kappa shape index (κ3) is 3.67. The lowest BCUT2D eigenvalue weighted by Crippen LogP contribution is -2.54. The van der Waals surface area contributed by atoms with E-state index < -0.39 is 0 Å². The van der Waals surface area contributed by atoms with Gasteiger partial charge in [0.05, 0.1) is 0 Å². The van der Waals surface area contributed by atoms with Crippen LogP contribution in [-0.4, -0.2) is 54.6 Å². The van der Waals surface area contributed by atoms with Gasteiger partial charge in [0, 0.05) is 25.2 Å². The molecule has 2 heterocycles. The summed E-state index contributed by atoms with van der Waals surface area (Å²) in [5, 5.41) is 0. The van der Waals surface area contributed by atoms with E-state index in [1.165, 1.54) is 64.7 Å². The molecule has 3 nitrogen and oxygen atoms in total. The van der Waals surface area contributed by atoms with Gasteiger partial charge in [-0.15, -0.1) is 0 Å². The Bertz CT molecular complexity index is 220. The van der Waals surface area contributed by atoms with Gasteiger partial charge in [0.25, 0.3) is 0 Å². The first-order valence-corrected chi connectivity index (χ1v) is 7.49. The number of nitrogens with two attached hydrogens (primary N) is 1. The number of nitrogens with zero attached hydrogens (tertiary/aromatic N) is 2.